The SMILES string of the molecule is COc1cccc2cc(C(=O)Nc3cnn(Cc4cccc(F)c4)c3)c(C)nc12. The highest BCUT2D eigenvalue weighted by Crippen LogP contribution is 2.25. The molecule has 29 heavy (non-hydrogen) atoms. The molecule has 6 nitrogen and oxygen atoms in total. The maximum absolute atomic E-state index is 13.3. The highest BCUT2D eigenvalue weighted by molar-refractivity contribution is 6.07. The zero-order valence-corrected chi connectivity index (χ0v) is 16.0. The molecule has 2 aromatic carbocycles. The van der Waals surface area contributed by atoms with Gasteiger partial charge in [-0.05, 0) is 36.8 Å². The molecular formula is C22H19FN4O2. The van der Waals surface area contributed by atoms with Gasteiger partial charge in [0.05, 0.1) is 36.8 Å². The number of pyridine rings is 1. The number of amides is 1. The number of methoxy groups -OCH3 is 1. The minimum absolute atomic E-state index is 0.273. The highest BCUT2D eigenvalue weighted by atomic mass is 19.1. The molecule has 0 bridgehead atoms. The molecule has 4 aromatic rings. The molecule has 0 fully saturated rings. The molecule has 0 unspecified atom stereocenters. The molecule has 0 saturated heterocycles. The van der Waals surface area contributed by atoms with E-state index >= 15 is 0 Å². The normalized spacial score (nSPS) is 10.9. The largest absolute Gasteiger partial charge is 0.494 e. The number of carbonyl (C=O) groups excluding carboxylic acids is 1. The number of fused-ring (bicyclic) bond motifs is 1. The van der Waals surface area contributed by atoms with Gasteiger partial charge in [0, 0.05) is 11.6 Å². The Morgan fingerprint density at radius 2 is 2.03 bits per heavy atom. The molecule has 0 saturated carbocycles. The van der Waals surface area contributed by atoms with Gasteiger partial charge in [0.2, 0.25) is 0 Å². The number of halogens is 1. The summed E-state index contributed by atoms with van der Waals surface area (Å²) < 4.78 is 20.3. The Labute approximate surface area is 167 Å². The van der Waals surface area contributed by atoms with Gasteiger partial charge in [-0.1, -0.05) is 24.3 Å². The quantitative estimate of drug-likeness (QED) is 0.555. The summed E-state index contributed by atoms with van der Waals surface area (Å²) in [6.07, 6.45) is 3.26. The standard InChI is InChI=1S/C22H19FN4O2/c1-14-19(10-16-6-4-8-20(29-2)21(16)25-14)22(28)26-18-11-24-27(13-18)12-15-5-3-7-17(23)9-15/h3-11,13H,12H2,1-2H3,(H,26,28). The third-order valence-corrected chi connectivity index (χ3v) is 4.59. The first-order valence-corrected chi connectivity index (χ1v) is 9.06. The number of nitrogens with one attached hydrogen (secondary N) is 1. The van der Waals surface area contributed by atoms with Crippen molar-refractivity contribution >= 4 is 22.5 Å². The average molecular weight is 390 g/mol. The van der Waals surface area contributed by atoms with Crippen molar-refractivity contribution in [3.8, 4) is 5.75 Å². The summed E-state index contributed by atoms with van der Waals surface area (Å²) in [6.45, 7) is 2.19. The molecule has 0 spiro atoms. The number of ether oxygens (including phenoxy) is 1. The number of rotatable bonds is 5. The molecule has 0 atom stereocenters. The zero-order valence-electron chi connectivity index (χ0n) is 16.0. The van der Waals surface area contributed by atoms with Crippen LogP contribution in [0.15, 0.2) is 60.9 Å². The van der Waals surface area contributed by atoms with Gasteiger partial charge in [0.1, 0.15) is 17.1 Å². The van der Waals surface area contributed by atoms with Gasteiger partial charge in [0.25, 0.3) is 5.91 Å². The van der Waals surface area contributed by atoms with E-state index in [1.807, 2.05) is 24.3 Å². The van der Waals surface area contributed by atoms with E-state index in [1.165, 1.54) is 12.1 Å². The second kappa shape index (κ2) is 7.71. The number of nitrogens with zero attached hydrogens (tertiary/aromatic N) is 3. The van der Waals surface area contributed by atoms with Gasteiger partial charge in [0.15, 0.2) is 0 Å². The number of hydrogen-bond donors (Lipinski definition) is 1. The van der Waals surface area contributed by atoms with E-state index in [9.17, 15) is 9.18 Å². The third kappa shape index (κ3) is 3.94. The van der Waals surface area contributed by atoms with Crippen molar-refractivity contribution in [3.63, 3.8) is 0 Å². The lowest BCUT2D eigenvalue weighted by Crippen LogP contribution is -2.14. The van der Waals surface area contributed by atoms with Crippen molar-refractivity contribution in [1.82, 2.24) is 14.8 Å². The summed E-state index contributed by atoms with van der Waals surface area (Å²) in [6, 6.07) is 13.7. The van der Waals surface area contributed by atoms with Crippen molar-refractivity contribution in [1.29, 1.82) is 0 Å². The fourth-order valence-electron chi connectivity index (χ4n) is 3.19. The van der Waals surface area contributed by atoms with Crippen LogP contribution in [0.1, 0.15) is 21.6 Å². The number of anilines is 1. The summed E-state index contributed by atoms with van der Waals surface area (Å²) in [7, 11) is 1.59. The van der Waals surface area contributed by atoms with Crippen LogP contribution >= 0.6 is 0 Å². The van der Waals surface area contributed by atoms with Crippen molar-refractivity contribution in [2.24, 2.45) is 0 Å². The van der Waals surface area contributed by atoms with Gasteiger partial charge in [-0.2, -0.15) is 5.10 Å². The second-order valence-electron chi connectivity index (χ2n) is 6.66. The van der Waals surface area contributed by atoms with Crippen LogP contribution in [-0.2, 0) is 6.54 Å². The lowest BCUT2D eigenvalue weighted by atomic mass is 10.1. The number of aryl methyl sites for hydroxylation is 1. The Kier molecular flexibility index (Phi) is 4.95. The topological polar surface area (TPSA) is 69.0 Å². The minimum atomic E-state index is -0.293. The van der Waals surface area contributed by atoms with Crippen LogP contribution in [0.4, 0.5) is 10.1 Å². The van der Waals surface area contributed by atoms with Gasteiger partial charge >= 0.3 is 0 Å². The molecule has 0 aliphatic carbocycles. The van der Waals surface area contributed by atoms with Crippen LogP contribution in [0, 0.1) is 12.7 Å². The van der Waals surface area contributed by atoms with E-state index in [0.717, 1.165) is 10.9 Å². The van der Waals surface area contributed by atoms with E-state index in [2.05, 4.69) is 15.4 Å². The molecule has 1 N–H and O–H groups in total. The number of hydrogen-bond acceptors (Lipinski definition) is 4. The second-order valence-corrected chi connectivity index (χ2v) is 6.66. The number of para-hydroxylation sites is 1. The highest BCUT2D eigenvalue weighted by Gasteiger charge is 2.14. The summed E-state index contributed by atoms with van der Waals surface area (Å²) in [5, 5.41) is 7.89. The van der Waals surface area contributed by atoms with Crippen LogP contribution in [0.25, 0.3) is 10.9 Å². The van der Waals surface area contributed by atoms with E-state index in [1.54, 1.807) is 43.2 Å². The molecule has 7 heteroatoms. The predicted molar refractivity (Wildman–Crippen MR) is 109 cm³/mol. The lowest BCUT2D eigenvalue weighted by molar-refractivity contribution is 0.102. The van der Waals surface area contributed by atoms with Crippen LogP contribution in [0.3, 0.4) is 0 Å². The molecule has 0 aliphatic heterocycles. The first-order valence-electron chi connectivity index (χ1n) is 9.06. The molecule has 0 aliphatic rings. The maximum Gasteiger partial charge on any atom is 0.257 e. The summed E-state index contributed by atoms with van der Waals surface area (Å²) >= 11 is 0. The zero-order chi connectivity index (χ0) is 20.4. The van der Waals surface area contributed by atoms with E-state index < -0.39 is 0 Å². The number of carbonyl (C=O) groups is 1. The summed E-state index contributed by atoms with van der Waals surface area (Å²) in [5.41, 5.74) is 3.13. The molecule has 2 heterocycles. The Morgan fingerprint density at radius 1 is 1.21 bits per heavy atom. The van der Waals surface area contributed by atoms with Gasteiger partial charge in [-0.3, -0.25) is 9.48 Å². The fourth-order valence-corrected chi connectivity index (χ4v) is 3.19. The summed E-state index contributed by atoms with van der Waals surface area (Å²) in [5.74, 6) is 0.0975. The van der Waals surface area contributed by atoms with Crippen LogP contribution < -0.4 is 10.1 Å². The van der Waals surface area contributed by atoms with Gasteiger partial charge < -0.3 is 10.1 Å². The van der Waals surface area contributed by atoms with E-state index in [-0.39, 0.29) is 11.7 Å². The maximum atomic E-state index is 13.3. The van der Waals surface area contributed by atoms with Crippen LogP contribution in [0.5, 0.6) is 5.75 Å². The molecule has 146 valence electrons. The number of aromatic nitrogens is 3. The first kappa shape index (κ1) is 18.6. The lowest BCUT2D eigenvalue weighted by Gasteiger charge is -2.10. The monoisotopic (exact) mass is 390 g/mol. The molecule has 0 radical (unpaired) electrons. The van der Waals surface area contributed by atoms with Crippen molar-refractivity contribution < 1.29 is 13.9 Å². The molecule has 2 aromatic heterocycles. The Morgan fingerprint density at radius 3 is 2.83 bits per heavy atom. The van der Waals surface area contributed by atoms with Crippen LogP contribution in [-0.4, -0.2) is 27.8 Å². The Bertz CT molecular complexity index is 1200. The molecule has 4 rings (SSSR count). The van der Waals surface area contributed by atoms with Crippen molar-refractivity contribution in [2.75, 3.05) is 12.4 Å². The third-order valence-electron chi connectivity index (χ3n) is 4.59. The fraction of sp³-hybridized carbons (Fsp3) is 0.136. The van der Waals surface area contributed by atoms with Crippen LogP contribution in [0.2, 0.25) is 0 Å². The van der Waals surface area contributed by atoms with Crippen molar-refractivity contribution in [3.05, 3.63) is 83.6 Å². The van der Waals surface area contributed by atoms with Crippen molar-refractivity contribution in [2.45, 2.75) is 13.5 Å². The summed E-state index contributed by atoms with van der Waals surface area (Å²) in [4.78, 5) is 17.3. The van der Waals surface area contributed by atoms with Gasteiger partial charge in [-0.25, -0.2) is 9.37 Å². The van der Waals surface area contributed by atoms with Gasteiger partial charge in [-0.15, -0.1) is 0 Å². The Balaban J connectivity index is 1.54. The first-order chi connectivity index (χ1) is 14.0. The smallest absolute Gasteiger partial charge is 0.257 e. The molecular weight excluding hydrogens is 371 g/mol. The Hall–Kier alpha value is -3.74. The van der Waals surface area contributed by atoms with E-state index in [0.29, 0.717) is 34.8 Å². The number of benzene rings is 2. The van der Waals surface area contributed by atoms with E-state index in [4.69, 9.17) is 4.74 Å². The minimum Gasteiger partial charge on any atom is -0.494 e. The molecule has 1 amide bonds. The predicted octanol–water partition coefficient (Wildman–Crippen LogP) is 4.19. The average Bonchev–Trinajstić information content (AvgIpc) is 3.13.